The van der Waals surface area contributed by atoms with E-state index in [1.165, 1.54) is 19.4 Å². The van der Waals surface area contributed by atoms with Crippen molar-refractivity contribution in [3.8, 4) is 5.75 Å². The van der Waals surface area contributed by atoms with Crippen LogP contribution in [0.3, 0.4) is 0 Å². The number of piperidine rings is 1. The van der Waals surface area contributed by atoms with Gasteiger partial charge in [-0.25, -0.2) is 0 Å². The highest BCUT2D eigenvalue weighted by Crippen LogP contribution is 2.28. The summed E-state index contributed by atoms with van der Waals surface area (Å²) < 4.78 is 5.14. The van der Waals surface area contributed by atoms with E-state index in [1.807, 2.05) is 29.2 Å². The summed E-state index contributed by atoms with van der Waals surface area (Å²) in [5, 5.41) is 3.65. The number of methoxy groups -OCH3 is 1. The van der Waals surface area contributed by atoms with Crippen molar-refractivity contribution in [1.82, 2.24) is 10.2 Å². The van der Waals surface area contributed by atoms with Crippen LogP contribution in [0, 0.1) is 5.92 Å². The number of carbonyl (C=O) groups is 1. The molecule has 1 heterocycles. The highest BCUT2D eigenvalue weighted by Gasteiger charge is 2.25. The summed E-state index contributed by atoms with van der Waals surface area (Å²) >= 11 is 0. The maximum atomic E-state index is 12.4. The van der Waals surface area contributed by atoms with Crippen molar-refractivity contribution in [2.45, 2.75) is 38.1 Å². The highest BCUT2D eigenvalue weighted by atomic mass is 16.5. The highest BCUT2D eigenvalue weighted by molar-refractivity contribution is 5.78. The first-order valence-electron chi connectivity index (χ1n) is 8.38. The monoisotopic (exact) mass is 302 g/mol. The standard InChI is InChI=1S/C18H26N2O2/c1-22-17-6-4-14(5-7-17)12-18(21)20-10-8-16(9-11-20)19-13-15-2-3-15/h4-7,15-16,19H,2-3,8-13H2,1H3. The molecular formula is C18H26N2O2. The largest absolute Gasteiger partial charge is 0.497 e. The van der Waals surface area contributed by atoms with E-state index in [9.17, 15) is 4.79 Å². The van der Waals surface area contributed by atoms with E-state index in [0.717, 1.165) is 43.2 Å². The summed E-state index contributed by atoms with van der Waals surface area (Å²) in [6, 6.07) is 8.37. The van der Waals surface area contributed by atoms with Crippen molar-refractivity contribution in [2.75, 3.05) is 26.7 Å². The van der Waals surface area contributed by atoms with Gasteiger partial charge in [-0.3, -0.25) is 4.79 Å². The van der Waals surface area contributed by atoms with Gasteiger partial charge in [0, 0.05) is 19.1 Å². The fourth-order valence-corrected chi connectivity index (χ4v) is 3.02. The fraction of sp³-hybridized carbons (Fsp3) is 0.611. The van der Waals surface area contributed by atoms with Gasteiger partial charge in [0.15, 0.2) is 0 Å². The van der Waals surface area contributed by atoms with Crippen molar-refractivity contribution in [3.63, 3.8) is 0 Å². The third-order valence-corrected chi connectivity index (χ3v) is 4.75. The van der Waals surface area contributed by atoms with E-state index >= 15 is 0 Å². The fourth-order valence-electron chi connectivity index (χ4n) is 3.02. The second-order valence-corrected chi connectivity index (χ2v) is 6.53. The molecule has 1 aromatic carbocycles. The van der Waals surface area contributed by atoms with Crippen molar-refractivity contribution in [1.29, 1.82) is 0 Å². The van der Waals surface area contributed by atoms with Crippen LogP contribution in [0.5, 0.6) is 5.75 Å². The number of nitrogens with one attached hydrogen (secondary N) is 1. The Morgan fingerprint density at radius 3 is 2.45 bits per heavy atom. The molecule has 0 radical (unpaired) electrons. The number of hydrogen-bond acceptors (Lipinski definition) is 3. The molecular weight excluding hydrogens is 276 g/mol. The van der Waals surface area contributed by atoms with Crippen LogP contribution in [0.15, 0.2) is 24.3 Å². The van der Waals surface area contributed by atoms with Gasteiger partial charge < -0.3 is 15.0 Å². The van der Waals surface area contributed by atoms with Gasteiger partial charge in [0.1, 0.15) is 5.75 Å². The van der Waals surface area contributed by atoms with Crippen LogP contribution in [0.2, 0.25) is 0 Å². The van der Waals surface area contributed by atoms with E-state index in [-0.39, 0.29) is 5.91 Å². The lowest BCUT2D eigenvalue weighted by molar-refractivity contribution is -0.131. The normalized spacial score (nSPS) is 19.2. The molecule has 120 valence electrons. The smallest absolute Gasteiger partial charge is 0.226 e. The van der Waals surface area contributed by atoms with Crippen LogP contribution in [-0.2, 0) is 11.2 Å². The van der Waals surface area contributed by atoms with Gasteiger partial charge in [0.25, 0.3) is 0 Å². The molecule has 2 fully saturated rings. The van der Waals surface area contributed by atoms with Gasteiger partial charge in [-0.05, 0) is 55.8 Å². The van der Waals surface area contributed by atoms with Crippen LogP contribution >= 0.6 is 0 Å². The Balaban J connectivity index is 1.42. The second-order valence-electron chi connectivity index (χ2n) is 6.53. The predicted molar refractivity (Wildman–Crippen MR) is 87.0 cm³/mol. The lowest BCUT2D eigenvalue weighted by Crippen LogP contribution is -2.45. The van der Waals surface area contributed by atoms with E-state index in [0.29, 0.717) is 12.5 Å². The maximum Gasteiger partial charge on any atom is 0.226 e. The lowest BCUT2D eigenvalue weighted by Gasteiger charge is -2.32. The number of ether oxygens (including phenoxy) is 1. The molecule has 1 saturated carbocycles. The van der Waals surface area contributed by atoms with Gasteiger partial charge in [0.2, 0.25) is 5.91 Å². The SMILES string of the molecule is COc1ccc(CC(=O)N2CCC(NCC3CC3)CC2)cc1. The number of likely N-dealkylation sites (tertiary alicyclic amines) is 1. The van der Waals surface area contributed by atoms with Gasteiger partial charge >= 0.3 is 0 Å². The van der Waals surface area contributed by atoms with Crippen LogP contribution < -0.4 is 10.1 Å². The zero-order chi connectivity index (χ0) is 15.4. The summed E-state index contributed by atoms with van der Waals surface area (Å²) in [4.78, 5) is 14.4. The van der Waals surface area contributed by atoms with Crippen molar-refractivity contribution in [2.24, 2.45) is 5.92 Å². The molecule has 0 unspecified atom stereocenters. The summed E-state index contributed by atoms with van der Waals surface area (Å²) in [7, 11) is 1.65. The molecule has 2 aliphatic rings. The minimum Gasteiger partial charge on any atom is -0.497 e. The Bertz CT molecular complexity index is 488. The van der Waals surface area contributed by atoms with Crippen molar-refractivity contribution < 1.29 is 9.53 Å². The molecule has 0 aromatic heterocycles. The molecule has 4 nitrogen and oxygen atoms in total. The maximum absolute atomic E-state index is 12.4. The third-order valence-electron chi connectivity index (χ3n) is 4.75. The predicted octanol–water partition coefficient (Wildman–Crippen LogP) is 2.23. The van der Waals surface area contributed by atoms with Gasteiger partial charge in [0.05, 0.1) is 13.5 Å². The molecule has 22 heavy (non-hydrogen) atoms. The summed E-state index contributed by atoms with van der Waals surface area (Å²) in [6.45, 7) is 2.94. The molecule has 0 atom stereocenters. The number of amides is 1. The quantitative estimate of drug-likeness (QED) is 0.876. The van der Waals surface area contributed by atoms with Gasteiger partial charge in [-0.2, -0.15) is 0 Å². The van der Waals surface area contributed by atoms with Crippen LogP contribution in [0.1, 0.15) is 31.2 Å². The molecule has 1 amide bonds. The number of hydrogen-bond donors (Lipinski definition) is 1. The molecule has 0 bridgehead atoms. The van der Waals surface area contributed by atoms with Crippen molar-refractivity contribution in [3.05, 3.63) is 29.8 Å². The summed E-state index contributed by atoms with van der Waals surface area (Å²) in [5.41, 5.74) is 1.06. The summed E-state index contributed by atoms with van der Waals surface area (Å²) in [5.74, 6) is 2.00. The molecule has 3 rings (SSSR count). The Labute approximate surface area is 132 Å². The Hall–Kier alpha value is -1.55. The Kier molecular flexibility index (Phi) is 4.98. The molecule has 1 saturated heterocycles. The van der Waals surface area contributed by atoms with Gasteiger partial charge in [-0.1, -0.05) is 12.1 Å². The van der Waals surface area contributed by atoms with Crippen molar-refractivity contribution >= 4 is 5.91 Å². The third kappa shape index (κ3) is 4.23. The molecule has 1 aliphatic heterocycles. The minimum atomic E-state index is 0.241. The van der Waals surface area contributed by atoms with Crippen LogP contribution in [-0.4, -0.2) is 43.6 Å². The Morgan fingerprint density at radius 2 is 1.86 bits per heavy atom. The van der Waals surface area contributed by atoms with Crippen LogP contribution in [0.4, 0.5) is 0 Å². The van der Waals surface area contributed by atoms with Gasteiger partial charge in [-0.15, -0.1) is 0 Å². The number of nitrogens with zero attached hydrogens (tertiary/aromatic N) is 1. The van der Waals surface area contributed by atoms with E-state index in [2.05, 4.69) is 5.32 Å². The molecule has 4 heteroatoms. The average molecular weight is 302 g/mol. The zero-order valence-electron chi connectivity index (χ0n) is 13.4. The topological polar surface area (TPSA) is 41.6 Å². The number of benzene rings is 1. The van der Waals surface area contributed by atoms with E-state index in [4.69, 9.17) is 4.74 Å². The first-order chi connectivity index (χ1) is 10.7. The number of rotatable bonds is 6. The van der Waals surface area contributed by atoms with E-state index < -0.39 is 0 Å². The van der Waals surface area contributed by atoms with Crippen LogP contribution in [0.25, 0.3) is 0 Å². The van der Waals surface area contributed by atoms with E-state index in [1.54, 1.807) is 7.11 Å². The summed E-state index contributed by atoms with van der Waals surface area (Å²) in [6.07, 6.45) is 5.45. The first kappa shape index (κ1) is 15.3. The zero-order valence-corrected chi connectivity index (χ0v) is 13.4. The molecule has 1 N–H and O–H groups in total. The average Bonchev–Trinajstić information content (AvgIpc) is 3.38. The molecule has 1 aromatic rings. The molecule has 0 spiro atoms. The first-order valence-corrected chi connectivity index (χ1v) is 8.38. The minimum absolute atomic E-state index is 0.241. The Morgan fingerprint density at radius 1 is 1.18 bits per heavy atom. The number of carbonyl (C=O) groups excluding carboxylic acids is 1. The second kappa shape index (κ2) is 7.14. The lowest BCUT2D eigenvalue weighted by atomic mass is 10.0. The molecule has 1 aliphatic carbocycles.